The Morgan fingerprint density at radius 3 is 2.16 bits per heavy atom. The summed E-state index contributed by atoms with van der Waals surface area (Å²) in [6.45, 7) is 6.43. The molecule has 0 radical (unpaired) electrons. The second kappa shape index (κ2) is 12.5. The van der Waals surface area contributed by atoms with Crippen molar-refractivity contribution in [1.82, 2.24) is 9.80 Å². The van der Waals surface area contributed by atoms with Crippen LogP contribution in [0.4, 0.5) is 0 Å². The first kappa shape index (κ1) is 25.7. The fourth-order valence-corrected chi connectivity index (χ4v) is 4.20. The second-order valence-corrected chi connectivity index (χ2v) is 8.42. The molecule has 1 saturated heterocycles. The van der Waals surface area contributed by atoms with Gasteiger partial charge in [0.15, 0.2) is 0 Å². The molecule has 0 spiro atoms. The van der Waals surface area contributed by atoms with Crippen LogP contribution in [-0.2, 0) is 6.54 Å². The summed E-state index contributed by atoms with van der Waals surface area (Å²) in [4.78, 5) is 5.08. The SMILES string of the molecule is COc1ccc(CN2CCN(C/C=C/c3ccc(Br)cc3)CC2)c2ccccc12.Cl.Cl. The minimum Gasteiger partial charge on any atom is -0.496 e. The molecule has 0 aromatic heterocycles. The van der Waals surface area contributed by atoms with Crippen LogP contribution < -0.4 is 4.74 Å². The Kier molecular flexibility index (Phi) is 10.3. The average molecular weight is 524 g/mol. The Morgan fingerprint density at radius 2 is 1.48 bits per heavy atom. The number of methoxy groups -OCH3 is 1. The van der Waals surface area contributed by atoms with Crippen LogP contribution in [0.2, 0.25) is 0 Å². The quantitative estimate of drug-likeness (QED) is 0.378. The summed E-state index contributed by atoms with van der Waals surface area (Å²) in [6.07, 6.45) is 4.48. The largest absolute Gasteiger partial charge is 0.496 e. The van der Waals surface area contributed by atoms with E-state index in [0.29, 0.717) is 0 Å². The highest BCUT2D eigenvalue weighted by atomic mass is 79.9. The standard InChI is InChI=1S/C25H27BrN2O.2ClH/c1-29-25-13-10-21(23-6-2-3-7-24(23)25)19-28-17-15-27(16-18-28)14-4-5-20-8-11-22(26)12-9-20;;/h2-13H,14-19H2,1H3;2*1H/b5-4+;;. The van der Waals surface area contributed by atoms with Crippen molar-refractivity contribution in [2.24, 2.45) is 0 Å². The van der Waals surface area contributed by atoms with Crippen molar-refractivity contribution in [2.75, 3.05) is 39.8 Å². The van der Waals surface area contributed by atoms with E-state index in [0.717, 1.165) is 49.5 Å². The molecule has 1 heterocycles. The van der Waals surface area contributed by atoms with Gasteiger partial charge in [0.1, 0.15) is 5.75 Å². The predicted molar refractivity (Wildman–Crippen MR) is 140 cm³/mol. The molecular formula is C25H29BrCl2N2O. The lowest BCUT2D eigenvalue weighted by Crippen LogP contribution is -2.45. The molecule has 0 unspecified atom stereocenters. The summed E-state index contributed by atoms with van der Waals surface area (Å²) in [6, 6.07) is 21.3. The molecule has 0 amide bonds. The average Bonchev–Trinajstić information content (AvgIpc) is 2.76. The minimum atomic E-state index is 0. The Bertz CT molecular complexity index is 986. The van der Waals surface area contributed by atoms with Gasteiger partial charge < -0.3 is 4.74 Å². The summed E-state index contributed by atoms with van der Waals surface area (Å²) >= 11 is 3.48. The highest BCUT2D eigenvalue weighted by Crippen LogP contribution is 2.29. The number of ether oxygens (including phenoxy) is 1. The summed E-state index contributed by atoms with van der Waals surface area (Å²) in [5.74, 6) is 0.951. The van der Waals surface area contributed by atoms with Gasteiger partial charge in [0.2, 0.25) is 0 Å². The van der Waals surface area contributed by atoms with E-state index < -0.39 is 0 Å². The lowest BCUT2D eigenvalue weighted by molar-refractivity contribution is 0.137. The van der Waals surface area contributed by atoms with Gasteiger partial charge >= 0.3 is 0 Å². The fourth-order valence-electron chi connectivity index (χ4n) is 3.93. The monoisotopic (exact) mass is 522 g/mol. The van der Waals surface area contributed by atoms with Crippen LogP contribution in [0.5, 0.6) is 5.75 Å². The van der Waals surface area contributed by atoms with Crippen molar-refractivity contribution < 1.29 is 4.74 Å². The molecule has 1 aliphatic rings. The van der Waals surface area contributed by atoms with E-state index in [1.54, 1.807) is 7.11 Å². The van der Waals surface area contributed by atoms with Gasteiger partial charge in [-0.1, -0.05) is 70.5 Å². The van der Waals surface area contributed by atoms with Gasteiger partial charge in [-0.15, -0.1) is 24.8 Å². The van der Waals surface area contributed by atoms with Gasteiger partial charge in [0.25, 0.3) is 0 Å². The number of piperazine rings is 1. The van der Waals surface area contributed by atoms with Gasteiger partial charge in [-0.05, 0) is 34.7 Å². The maximum Gasteiger partial charge on any atom is 0.126 e. The van der Waals surface area contributed by atoms with Gasteiger partial charge in [-0.2, -0.15) is 0 Å². The maximum absolute atomic E-state index is 5.53. The Morgan fingerprint density at radius 1 is 0.839 bits per heavy atom. The van der Waals surface area contributed by atoms with Crippen molar-refractivity contribution in [3.05, 3.63) is 82.3 Å². The molecule has 166 valence electrons. The van der Waals surface area contributed by atoms with Crippen molar-refractivity contribution in [1.29, 1.82) is 0 Å². The number of hydrogen-bond donors (Lipinski definition) is 0. The third-order valence-electron chi connectivity index (χ3n) is 5.60. The maximum atomic E-state index is 5.53. The Hall–Kier alpha value is -1.56. The van der Waals surface area contributed by atoms with Crippen molar-refractivity contribution >= 4 is 57.6 Å². The van der Waals surface area contributed by atoms with Crippen LogP contribution in [-0.4, -0.2) is 49.6 Å². The molecule has 1 fully saturated rings. The molecule has 0 N–H and O–H groups in total. The summed E-state index contributed by atoms with van der Waals surface area (Å²) in [5, 5.41) is 2.50. The van der Waals surface area contributed by atoms with Gasteiger partial charge in [-0.3, -0.25) is 9.80 Å². The molecule has 0 bridgehead atoms. The summed E-state index contributed by atoms with van der Waals surface area (Å²) < 4.78 is 6.65. The number of halogens is 3. The van der Waals surface area contributed by atoms with Crippen LogP contribution >= 0.6 is 40.7 Å². The predicted octanol–water partition coefficient (Wildman–Crippen LogP) is 6.29. The van der Waals surface area contributed by atoms with E-state index in [1.807, 2.05) is 0 Å². The number of hydrogen-bond acceptors (Lipinski definition) is 3. The first-order valence-electron chi connectivity index (χ1n) is 10.1. The van der Waals surface area contributed by atoms with E-state index in [4.69, 9.17) is 4.74 Å². The molecule has 4 rings (SSSR count). The zero-order valence-corrected chi connectivity index (χ0v) is 20.9. The normalized spacial score (nSPS) is 14.9. The van der Waals surface area contributed by atoms with Crippen LogP contribution in [0.25, 0.3) is 16.8 Å². The Balaban J connectivity index is 0.00000171. The highest BCUT2D eigenvalue weighted by Gasteiger charge is 2.17. The van der Waals surface area contributed by atoms with E-state index in [1.165, 1.54) is 21.9 Å². The molecule has 3 nitrogen and oxygen atoms in total. The van der Waals surface area contributed by atoms with E-state index in [9.17, 15) is 0 Å². The van der Waals surface area contributed by atoms with Crippen LogP contribution in [0.3, 0.4) is 0 Å². The van der Waals surface area contributed by atoms with E-state index >= 15 is 0 Å². The molecular weight excluding hydrogens is 495 g/mol. The van der Waals surface area contributed by atoms with Gasteiger partial charge in [-0.25, -0.2) is 0 Å². The lowest BCUT2D eigenvalue weighted by atomic mass is 10.0. The first-order valence-corrected chi connectivity index (χ1v) is 10.9. The third kappa shape index (κ3) is 6.71. The van der Waals surface area contributed by atoms with Gasteiger partial charge in [0, 0.05) is 49.1 Å². The zero-order valence-electron chi connectivity index (χ0n) is 17.7. The number of benzene rings is 3. The third-order valence-corrected chi connectivity index (χ3v) is 6.13. The highest BCUT2D eigenvalue weighted by molar-refractivity contribution is 9.10. The zero-order chi connectivity index (χ0) is 20.1. The molecule has 1 aliphatic heterocycles. The summed E-state index contributed by atoms with van der Waals surface area (Å²) in [5.41, 5.74) is 2.63. The van der Waals surface area contributed by atoms with Crippen LogP contribution in [0.1, 0.15) is 11.1 Å². The van der Waals surface area contributed by atoms with Crippen LogP contribution in [0.15, 0.2) is 71.2 Å². The molecule has 0 atom stereocenters. The Labute approximate surface area is 206 Å². The molecule has 3 aromatic carbocycles. The molecule has 0 aliphatic carbocycles. The van der Waals surface area contributed by atoms with Crippen molar-refractivity contribution in [2.45, 2.75) is 6.54 Å². The summed E-state index contributed by atoms with van der Waals surface area (Å²) in [7, 11) is 1.74. The van der Waals surface area contributed by atoms with E-state index in [2.05, 4.69) is 98.5 Å². The van der Waals surface area contributed by atoms with Crippen molar-refractivity contribution in [3.8, 4) is 5.75 Å². The molecule has 6 heteroatoms. The number of rotatable bonds is 6. The number of fused-ring (bicyclic) bond motifs is 1. The lowest BCUT2D eigenvalue weighted by Gasteiger charge is -2.34. The fraction of sp³-hybridized carbons (Fsp3) is 0.280. The topological polar surface area (TPSA) is 15.7 Å². The molecule has 31 heavy (non-hydrogen) atoms. The molecule has 0 saturated carbocycles. The number of nitrogens with zero attached hydrogens (tertiary/aromatic N) is 2. The van der Waals surface area contributed by atoms with Crippen molar-refractivity contribution in [3.63, 3.8) is 0 Å². The smallest absolute Gasteiger partial charge is 0.126 e. The van der Waals surface area contributed by atoms with Crippen LogP contribution in [0, 0.1) is 0 Å². The minimum absolute atomic E-state index is 0. The first-order chi connectivity index (χ1) is 14.2. The van der Waals surface area contributed by atoms with E-state index in [-0.39, 0.29) is 24.8 Å². The van der Waals surface area contributed by atoms with Gasteiger partial charge in [0.05, 0.1) is 7.11 Å². The second-order valence-electron chi connectivity index (χ2n) is 7.50. The molecule has 3 aromatic rings.